The standard InChI is InChI=1S/C26H23N3O5/c1-15-7-9-17(10-8-15)21-13-19(24-16(2)29-34-25(24)28-21)26(31)33-14-23(30)27-20-11-12-32-22-6-4-3-5-18(20)22/h3-10,13,20H,11-12,14H2,1-2H3,(H,27,30). The van der Waals surface area contributed by atoms with E-state index in [1.54, 1.807) is 13.0 Å². The molecule has 1 aliphatic rings. The number of benzene rings is 2. The third-order valence-electron chi connectivity index (χ3n) is 5.81. The number of aryl methyl sites for hydroxylation is 2. The molecule has 2 aromatic carbocycles. The van der Waals surface area contributed by atoms with E-state index in [9.17, 15) is 9.59 Å². The summed E-state index contributed by atoms with van der Waals surface area (Å²) in [6, 6.07) is 16.8. The molecule has 172 valence electrons. The first-order chi connectivity index (χ1) is 16.5. The molecule has 0 saturated heterocycles. The second-order valence-corrected chi connectivity index (χ2v) is 8.24. The van der Waals surface area contributed by atoms with Gasteiger partial charge < -0.3 is 19.3 Å². The van der Waals surface area contributed by atoms with Crippen LogP contribution in [-0.4, -0.2) is 35.2 Å². The Bertz CT molecular complexity index is 1380. The lowest BCUT2D eigenvalue weighted by Gasteiger charge is -2.26. The highest BCUT2D eigenvalue weighted by atomic mass is 16.5. The Kier molecular flexibility index (Phi) is 5.71. The summed E-state index contributed by atoms with van der Waals surface area (Å²) >= 11 is 0. The maximum absolute atomic E-state index is 13.0. The van der Waals surface area contributed by atoms with Crippen molar-refractivity contribution in [2.24, 2.45) is 0 Å². The predicted molar refractivity (Wildman–Crippen MR) is 124 cm³/mol. The quantitative estimate of drug-likeness (QED) is 0.446. The molecule has 4 aromatic rings. The summed E-state index contributed by atoms with van der Waals surface area (Å²) in [5, 5.41) is 7.35. The van der Waals surface area contributed by atoms with Crippen LogP contribution >= 0.6 is 0 Å². The SMILES string of the molecule is Cc1ccc(-c2cc(C(=O)OCC(=O)NC3CCOc4ccccc43)c3c(C)noc3n2)cc1. The van der Waals surface area contributed by atoms with Crippen LogP contribution in [0.5, 0.6) is 5.75 Å². The van der Waals surface area contributed by atoms with Crippen LogP contribution in [0.25, 0.3) is 22.4 Å². The number of rotatable bonds is 5. The fourth-order valence-corrected chi connectivity index (χ4v) is 4.06. The van der Waals surface area contributed by atoms with E-state index in [0.29, 0.717) is 29.8 Å². The van der Waals surface area contributed by atoms with E-state index in [2.05, 4.69) is 15.5 Å². The summed E-state index contributed by atoms with van der Waals surface area (Å²) in [7, 11) is 0. The molecule has 1 amide bonds. The third-order valence-corrected chi connectivity index (χ3v) is 5.81. The highest BCUT2D eigenvalue weighted by Gasteiger charge is 2.24. The minimum atomic E-state index is -0.644. The topological polar surface area (TPSA) is 104 Å². The number of hydrogen-bond acceptors (Lipinski definition) is 7. The third kappa shape index (κ3) is 4.22. The van der Waals surface area contributed by atoms with Gasteiger partial charge in [-0.05, 0) is 26.0 Å². The van der Waals surface area contributed by atoms with Crippen LogP contribution in [0.2, 0.25) is 0 Å². The van der Waals surface area contributed by atoms with Gasteiger partial charge in [-0.25, -0.2) is 9.78 Å². The highest BCUT2D eigenvalue weighted by molar-refractivity contribution is 6.04. The van der Waals surface area contributed by atoms with Gasteiger partial charge in [0, 0.05) is 17.5 Å². The van der Waals surface area contributed by atoms with Crippen LogP contribution < -0.4 is 10.1 Å². The minimum absolute atomic E-state index is 0.197. The van der Waals surface area contributed by atoms with Gasteiger partial charge in [-0.3, -0.25) is 4.79 Å². The maximum Gasteiger partial charge on any atom is 0.339 e. The molecule has 8 nitrogen and oxygen atoms in total. The van der Waals surface area contributed by atoms with Gasteiger partial charge in [-0.15, -0.1) is 0 Å². The fraction of sp³-hybridized carbons (Fsp3) is 0.231. The van der Waals surface area contributed by atoms with Gasteiger partial charge >= 0.3 is 5.97 Å². The van der Waals surface area contributed by atoms with Crippen molar-refractivity contribution < 1.29 is 23.6 Å². The Morgan fingerprint density at radius 3 is 2.74 bits per heavy atom. The van der Waals surface area contributed by atoms with Gasteiger partial charge in [0.1, 0.15) is 5.75 Å². The van der Waals surface area contributed by atoms with E-state index in [1.807, 2.05) is 55.5 Å². The molecule has 1 atom stereocenters. The molecular formula is C26H23N3O5. The Labute approximate surface area is 195 Å². The number of para-hydroxylation sites is 1. The molecular weight excluding hydrogens is 434 g/mol. The summed E-state index contributed by atoms with van der Waals surface area (Å²) in [5.41, 5.74) is 4.41. The normalized spacial score (nSPS) is 14.8. The predicted octanol–water partition coefficient (Wildman–Crippen LogP) is 4.30. The zero-order valence-electron chi connectivity index (χ0n) is 18.8. The Morgan fingerprint density at radius 1 is 1.12 bits per heavy atom. The number of aromatic nitrogens is 2. The van der Waals surface area contributed by atoms with Crippen LogP contribution in [0.1, 0.15) is 39.6 Å². The molecule has 0 bridgehead atoms. The Hall–Kier alpha value is -4.20. The smallest absolute Gasteiger partial charge is 0.339 e. The molecule has 1 unspecified atom stereocenters. The monoisotopic (exact) mass is 457 g/mol. The number of carbonyl (C=O) groups excluding carboxylic acids is 2. The molecule has 0 fully saturated rings. The van der Waals surface area contributed by atoms with E-state index in [0.717, 1.165) is 22.4 Å². The second-order valence-electron chi connectivity index (χ2n) is 8.24. The number of nitrogens with zero attached hydrogens (tertiary/aromatic N) is 2. The van der Waals surface area contributed by atoms with E-state index in [4.69, 9.17) is 14.0 Å². The summed E-state index contributed by atoms with van der Waals surface area (Å²) < 4.78 is 16.3. The molecule has 0 saturated carbocycles. The van der Waals surface area contributed by atoms with Crippen molar-refractivity contribution >= 4 is 23.0 Å². The van der Waals surface area contributed by atoms with Gasteiger partial charge in [-0.2, -0.15) is 0 Å². The van der Waals surface area contributed by atoms with Crippen molar-refractivity contribution in [2.45, 2.75) is 26.3 Å². The lowest BCUT2D eigenvalue weighted by Crippen LogP contribution is -2.35. The number of fused-ring (bicyclic) bond motifs is 2. The summed E-state index contributed by atoms with van der Waals surface area (Å²) in [5.74, 6) is -0.280. The number of ether oxygens (including phenoxy) is 2. The van der Waals surface area contributed by atoms with Gasteiger partial charge in [0.25, 0.3) is 11.6 Å². The minimum Gasteiger partial charge on any atom is -0.493 e. The van der Waals surface area contributed by atoms with Crippen molar-refractivity contribution in [3.8, 4) is 17.0 Å². The lowest BCUT2D eigenvalue weighted by atomic mass is 10.0. The number of nitrogens with one attached hydrogen (secondary N) is 1. The summed E-state index contributed by atoms with van der Waals surface area (Å²) in [6.45, 7) is 3.82. The van der Waals surface area contributed by atoms with E-state index < -0.39 is 12.6 Å². The molecule has 5 rings (SSSR count). The van der Waals surface area contributed by atoms with E-state index in [1.165, 1.54) is 0 Å². The molecule has 3 heterocycles. The first-order valence-electron chi connectivity index (χ1n) is 11.0. The maximum atomic E-state index is 13.0. The molecule has 34 heavy (non-hydrogen) atoms. The van der Waals surface area contributed by atoms with Crippen LogP contribution in [0.3, 0.4) is 0 Å². The van der Waals surface area contributed by atoms with Gasteiger partial charge in [-0.1, -0.05) is 53.2 Å². The zero-order chi connectivity index (χ0) is 23.7. The van der Waals surface area contributed by atoms with Crippen LogP contribution in [-0.2, 0) is 9.53 Å². The van der Waals surface area contributed by atoms with Crippen LogP contribution in [0.15, 0.2) is 59.1 Å². The molecule has 0 spiro atoms. The number of amides is 1. The second kappa shape index (κ2) is 8.97. The largest absolute Gasteiger partial charge is 0.493 e. The summed E-state index contributed by atoms with van der Waals surface area (Å²) in [6.07, 6.45) is 0.640. The molecule has 1 aliphatic heterocycles. The molecule has 0 radical (unpaired) electrons. The highest BCUT2D eigenvalue weighted by Crippen LogP contribution is 2.31. The lowest BCUT2D eigenvalue weighted by molar-refractivity contribution is -0.125. The first kappa shape index (κ1) is 21.6. The van der Waals surface area contributed by atoms with Gasteiger partial charge in [0.15, 0.2) is 6.61 Å². The van der Waals surface area contributed by atoms with Crippen LogP contribution in [0, 0.1) is 13.8 Å². The Morgan fingerprint density at radius 2 is 1.91 bits per heavy atom. The molecule has 8 heteroatoms. The number of hydrogen-bond donors (Lipinski definition) is 1. The average molecular weight is 457 g/mol. The summed E-state index contributed by atoms with van der Waals surface area (Å²) in [4.78, 5) is 30.1. The number of esters is 1. The van der Waals surface area contributed by atoms with Gasteiger partial charge in [0.05, 0.1) is 35.0 Å². The van der Waals surface area contributed by atoms with Crippen molar-refractivity contribution in [2.75, 3.05) is 13.2 Å². The van der Waals surface area contributed by atoms with Gasteiger partial charge in [0.2, 0.25) is 0 Å². The molecule has 0 aliphatic carbocycles. The molecule has 2 aromatic heterocycles. The average Bonchev–Trinajstić information content (AvgIpc) is 3.23. The van der Waals surface area contributed by atoms with Crippen molar-refractivity contribution in [3.05, 3.63) is 77.0 Å². The van der Waals surface area contributed by atoms with Crippen LogP contribution in [0.4, 0.5) is 0 Å². The number of carbonyl (C=O) groups is 2. The Balaban J connectivity index is 1.34. The zero-order valence-corrected chi connectivity index (χ0v) is 18.8. The fourth-order valence-electron chi connectivity index (χ4n) is 4.06. The van der Waals surface area contributed by atoms with Crippen molar-refractivity contribution in [3.63, 3.8) is 0 Å². The number of pyridine rings is 1. The molecule has 1 N–H and O–H groups in total. The van der Waals surface area contributed by atoms with E-state index in [-0.39, 0.29) is 23.2 Å². The first-order valence-corrected chi connectivity index (χ1v) is 11.0. The van der Waals surface area contributed by atoms with Crippen molar-refractivity contribution in [1.82, 2.24) is 15.5 Å². The van der Waals surface area contributed by atoms with Crippen molar-refractivity contribution in [1.29, 1.82) is 0 Å². The van der Waals surface area contributed by atoms with E-state index >= 15 is 0 Å².